The van der Waals surface area contributed by atoms with Gasteiger partial charge in [-0.15, -0.1) is 11.8 Å². The Morgan fingerprint density at radius 3 is 2.89 bits per heavy atom. The number of nitrogen functional groups attached to an aromatic ring is 1. The fourth-order valence-electron chi connectivity index (χ4n) is 1.51. The molecule has 0 radical (unpaired) electrons. The van der Waals surface area contributed by atoms with E-state index in [4.69, 9.17) is 5.73 Å². The largest absolute Gasteiger partial charge is 0.397 e. The summed E-state index contributed by atoms with van der Waals surface area (Å²) in [5, 5.41) is 11.0. The molecule has 0 amide bonds. The van der Waals surface area contributed by atoms with Crippen LogP contribution in [0, 0.1) is 10.1 Å². The standard InChI is InChI=1S/C12H10BrN3O2S/c13-9-2-1-8(11(5-9)16(17)18)7-19-12-3-4-15-6-10(12)14/h1-6H,7,14H2. The molecule has 0 bridgehead atoms. The lowest BCUT2D eigenvalue weighted by molar-refractivity contribution is -0.385. The van der Waals surface area contributed by atoms with E-state index in [2.05, 4.69) is 20.9 Å². The highest BCUT2D eigenvalue weighted by Crippen LogP contribution is 2.32. The lowest BCUT2D eigenvalue weighted by Gasteiger charge is -2.05. The van der Waals surface area contributed by atoms with Gasteiger partial charge < -0.3 is 5.73 Å². The van der Waals surface area contributed by atoms with Crippen LogP contribution in [0.25, 0.3) is 0 Å². The van der Waals surface area contributed by atoms with Crippen LogP contribution in [-0.2, 0) is 5.75 Å². The summed E-state index contributed by atoms with van der Waals surface area (Å²) in [6, 6.07) is 6.84. The topological polar surface area (TPSA) is 82.0 Å². The van der Waals surface area contributed by atoms with Crippen molar-refractivity contribution in [1.29, 1.82) is 0 Å². The molecule has 2 aromatic rings. The van der Waals surface area contributed by atoms with Gasteiger partial charge in [-0.1, -0.05) is 22.0 Å². The number of hydrogen-bond acceptors (Lipinski definition) is 5. The van der Waals surface area contributed by atoms with E-state index in [1.54, 1.807) is 30.6 Å². The number of benzene rings is 1. The van der Waals surface area contributed by atoms with Crippen molar-refractivity contribution in [3.63, 3.8) is 0 Å². The number of pyridine rings is 1. The van der Waals surface area contributed by atoms with Gasteiger partial charge >= 0.3 is 0 Å². The zero-order valence-electron chi connectivity index (χ0n) is 9.75. The molecular formula is C12H10BrN3O2S. The molecule has 0 spiro atoms. The molecule has 0 aliphatic carbocycles. The Kier molecular flexibility index (Phi) is 4.39. The molecule has 1 aromatic carbocycles. The molecule has 0 fully saturated rings. The van der Waals surface area contributed by atoms with Crippen molar-refractivity contribution in [1.82, 2.24) is 4.98 Å². The molecule has 0 unspecified atom stereocenters. The summed E-state index contributed by atoms with van der Waals surface area (Å²) >= 11 is 4.69. The van der Waals surface area contributed by atoms with Crippen LogP contribution in [0.3, 0.4) is 0 Å². The third-order valence-corrected chi connectivity index (χ3v) is 4.07. The zero-order valence-corrected chi connectivity index (χ0v) is 12.1. The van der Waals surface area contributed by atoms with Crippen molar-refractivity contribution in [3.8, 4) is 0 Å². The molecule has 7 heteroatoms. The Balaban J connectivity index is 2.20. The van der Waals surface area contributed by atoms with Gasteiger partial charge in [0.15, 0.2) is 0 Å². The molecule has 0 saturated carbocycles. The van der Waals surface area contributed by atoms with Gasteiger partial charge in [0.2, 0.25) is 0 Å². The third kappa shape index (κ3) is 3.45. The van der Waals surface area contributed by atoms with Crippen molar-refractivity contribution in [2.45, 2.75) is 10.6 Å². The Morgan fingerprint density at radius 2 is 2.21 bits per heavy atom. The number of halogens is 1. The normalized spacial score (nSPS) is 10.4. The van der Waals surface area contributed by atoms with E-state index in [1.165, 1.54) is 17.8 Å². The lowest BCUT2D eigenvalue weighted by Crippen LogP contribution is -1.95. The minimum absolute atomic E-state index is 0.106. The highest BCUT2D eigenvalue weighted by atomic mass is 79.9. The molecule has 5 nitrogen and oxygen atoms in total. The van der Waals surface area contributed by atoms with Crippen LogP contribution in [-0.4, -0.2) is 9.91 Å². The summed E-state index contributed by atoms with van der Waals surface area (Å²) in [6.07, 6.45) is 3.22. The number of anilines is 1. The fourth-order valence-corrected chi connectivity index (χ4v) is 2.79. The van der Waals surface area contributed by atoms with E-state index in [-0.39, 0.29) is 10.6 Å². The number of hydrogen-bond donors (Lipinski definition) is 1. The Morgan fingerprint density at radius 1 is 1.42 bits per heavy atom. The fraction of sp³-hybridized carbons (Fsp3) is 0.0833. The lowest BCUT2D eigenvalue weighted by atomic mass is 10.2. The summed E-state index contributed by atoms with van der Waals surface area (Å²) in [5.74, 6) is 0.484. The second kappa shape index (κ2) is 6.03. The van der Waals surface area contributed by atoms with Gasteiger partial charge in [0.25, 0.3) is 5.69 Å². The van der Waals surface area contributed by atoms with E-state index in [0.717, 1.165) is 4.90 Å². The average Bonchev–Trinajstić information content (AvgIpc) is 2.38. The summed E-state index contributed by atoms with van der Waals surface area (Å²) in [5.41, 5.74) is 7.13. The highest BCUT2D eigenvalue weighted by Gasteiger charge is 2.14. The van der Waals surface area contributed by atoms with Crippen LogP contribution in [0.4, 0.5) is 11.4 Å². The summed E-state index contributed by atoms with van der Waals surface area (Å²) in [6.45, 7) is 0. The van der Waals surface area contributed by atoms with Crippen LogP contribution in [0.2, 0.25) is 0 Å². The van der Waals surface area contributed by atoms with E-state index >= 15 is 0 Å². The second-order valence-corrected chi connectivity index (χ2v) is 5.67. The molecule has 19 heavy (non-hydrogen) atoms. The smallest absolute Gasteiger partial charge is 0.274 e. The first-order valence-corrected chi connectivity index (χ1v) is 7.11. The van der Waals surface area contributed by atoms with E-state index in [1.807, 2.05) is 0 Å². The first-order chi connectivity index (χ1) is 9.08. The van der Waals surface area contributed by atoms with E-state index in [9.17, 15) is 10.1 Å². The van der Waals surface area contributed by atoms with Gasteiger partial charge in [-0.05, 0) is 12.1 Å². The maximum Gasteiger partial charge on any atom is 0.274 e. The SMILES string of the molecule is Nc1cnccc1SCc1ccc(Br)cc1[N+](=O)[O-]. The minimum Gasteiger partial charge on any atom is -0.397 e. The summed E-state index contributed by atoms with van der Waals surface area (Å²) < 4.78 is 0.691. The molecule has 0 atom stereocenters. The molecular weight excluding hydrogens is 330 g/mol. The number of aromatic nitrogens is 1. The van der Waals surface area contributed by atoms with Crippen molar-refractivity contribution in [2.24, 2.45) is 0 Å². The number of nitrogens with zero attached hydrogens (tertiary/aromatic N) is 2. The molecule has 0 aliphatic heterocycles. The van der Waals surface area contributed by atoms with Gasteiger partial charge in [-0.25, -0.2) is 0 Å². The third-order valence-electron chi connectivity index (χ3n) is 2.44. The van der Waals surface area contributed by atoms with Crippen LogP contribution in [0.5, 0.6) is 0 Å². The Bertz CT molecular complexity index is 622. The Labute approximate surface area is 122 Å². The molecule has 0 aliphatic rings. The quantitative estimate of drug-likeness (QED) is 0.522. The maximum atomic E-state index is 11.0. The van der Waals surface area contributed by atoms with E-state index in [0.29, 0.717) is 21.5 Å². The molecule has 0 saturated heterocycles. The predicted molar refractivity (Wildman–Crippen MR) is 79.0 cm³/mol. The molecule has 2 rings (SSSR count). The van der Waals surface area contributed by atoms with Crippen LogP contribution >= 0.6 is 27.7 Å². The van der Waals surface area contributed by atoms with E-state index < -0.39 is 0 Å². The monoisotopic (exact) mass is 339 g/mol. The van der Waals surface area contributed by atoms with Crippen molar-refractivity contribution >= 4 is 39.1 Å². The maximum absolute atomic E-state index is 11.0. The van der Waals surface area contributed by atoms with Crippen molar-refractivity contribution in [2.75, 3.05) is 5.73 Å². The average molecular weight is 340 g/mol. The summed E-state index contributed by atoms with van der Waals surface area (Å²) in [7, 11) is 0. The molecule has 2 N–H and O–H groups in total. The Hall–Kier alpha value is -1.60. The summed E-state index contributed by atoms with van der Waals surface area (Å²) in [4.78, 5) is 15.4. The first-order valence-electron chi connectivity index (χ1n) is 5.33. The van der Waals surface area contributed by atoms with Gasteiger partial charge in [0.1, 0.15) is 0 Å². The molecule has 1 aromatic heterocycles. The first kappa shape index (κ1) is 13.8. The van der Waals surface area contributed by atoms with Gasteiger partial charge in [-0.2, -0.15) is 0 Å². The van der Waals surface area contributed by atoms with Gasteiger partial charge in [0.05, 0.1) is 16.8 Å². The van der Waals surface area contributed by atoms with Crippen molar-refractivity contribution in [3.05, 3.63) is 56.8 Å². The number of thioether (sulfide) groups is 1. The van der Waals surface area contributed by atoms with Crippen LogP contribution in [0.15, 0.2) is 46.0 Å². The minimum atomic E-state index is -0.378. The number of nitro benzene ring substituents is 1. The number of nitrogens with two attached hydrogens (primary N) is 1. The van der Waals surface area contributed by atoms with Gasteiger partial charge in [-0.3, -0.25) is 15.1 Å². The number of rotatable bonds is 4. The predicted octanol–water partition coefficient (Wildman–Crippen LogP) is 3.63. The molecule has 98 valence electrons. The zero-order chi connectivity index (χ0) is 13.8. The number of nitro groups is 1. The highest BCUT2D eigenvalue weighted by molar-refractivity contribution is 9.10. The van der Waals surface area contributed by atoms with Crippen LogP contribution < -0.4 is 5.73 Å². The van der Waals surface area contributed by atoms with Gasteiger partial charge in [0, 0.05) is 32.9 Å². The van der Waals surface area contributed by atoms with Crippen molar-refractivity contribution < 1.29 is 4.92 Å². The second-order valence-electron chi connectivity index (χ2n) is 3.73. The molecule has 1 heterocycles. The van der Waals surface area contributed by atoms with Crippen LogP contribution in [0.1, 0.15) is 5.56 Å².